The Balaban J connectivity index is 1.14. The molecule has 0 amide bonds. The zero-order chi connectivity index (χ0) is 33.5. The highest BCUT2D eigenvalue weighted by molar-refractivity contribution is 7.26. The van der Waals surface area contributed by atoms with Crippen LogP contribution < -0.4 is 0 Å². The number of fused-ring (bicyclic) bond motifs is 9. The molecule has 3 heterocycles. The zero-order valence-electron chi connectivity index (χ0n) is 27.6. The van der Waals surface area contributed by atoms with E-state index in [2.05, 4.69) is 191 Å². The summed E-state index contributed by atoms with van der Waals surface area (Å²) in [6.45, 7) is 0. The summed E-state index contributed by atoms with van der Waals surface area (Å²) in [6.07, 6.45) is 0. The molecule has 0 aliphatic carbocycles. The van der Waals surface area contributed by atoms with Crippen LogP contribution in [0, 0.1) is 0 Å². The molecule has 3 aromatic heterocycles. The Labute approximate surface area is 298 Å². The van der Waals surface area contributed by atoms with Crippen molar-refractivity contribution in [3.05, 3.63) is 182 Å². The van der Waals surface area contributed by atoms with Crippen LogP contribution in [-0.2, 0) is 0 Å². The lowest BCUT2D eigenvalue weighted by Gasteiger charge is -2.12. The lowest BCUT2D eigenvalue weighted by molar-refractivity contribution is 1.17. The van der Waals surface area contributed by atoms with Crippen molar-refractivity contribution in [2.24, 2.45) is 0 Å². The van der Waals surface area contributed by atoms with Crippen molar-refractivity contribution < 1.29 is 0 Å². The Morgan fingerprint density at radius 3 is 1.61 bits per heavy atom. The molecule has 11 rings (SSSR count). The van der Waals surface area contributed by atoms with E-state index in [0.29, 0.717) is 0 Å². The number of rotatable bonds is 4. The van der Waals surface area contributed by atoms with Gasteiger partial charge in [0.25, 0.3) is 0 Å². The van der Waals surface area contributed by atoms with Gasteiger partial charge in [0.2, 0.25) is 0 Å². The standard InChI is InChI=1S/C48H30N2S/c1-2-12-31(13-3-1)33-14-10-15-34(28-33)32-24-26-35(27-25-32)49-42-20-7-4-16-36(42)40-29-41-37-17-5-8-21-43(37)50(46(41)30-45(40)49)44-22-11-19-39-38-18-6-9-23-47(38)51-48(39)44/h1-30H. The van der Waals surface area contributed by atoms with Crippen LogP contribution in [0.25, 0.3) is 97.4 Å². The number of hydrogen-bond donors (Lipinski definition) is 0. The topological polar surface area (TPSA) is 9.86 Å². The first kappa shape index (κ1) is 28.4. The van der Waals surface area contributed by atoms with Crippen molar-refractivity contribution in [2.75, 3.05) is 0 Å². The molecule has 0 saturated carbocycles. The summed E-state index contributed by atoms with van der Waals surface area (Å²) < 4.78 is 7.57. The summed E-state index contributed by atoms with van der Waals surface area (Å²) in [5, 5.41) is 7.69. The highest BCUT2D eigenvalue weighted by atomic mass is 32.1. The van der Waals surface area contributed by atoms with E-state index in [-0.39, 0.29) is 0 Å². The van der Waals surface area contributed by atoms with E-state index in [4.69, 9.17) is 0 Å². The molecule has 8 aromatic carbocycles. The second kappa shape index (κ2) is 11.0. The molecule has 0 N–H and O–H groups in total. The number of para-hydroxylation sites is 2. The van der Waals surface area contributed by atoms with Gasteiger partial charge in [-0.15, -0.1) is 11.3 Å². The molecule has 51 heavy (non-hydrogen) atoms. The van der Waals surface area contributed by atoms with Crippen molar-refractivity contribution in [2.45, 2.75) is 0 Å². The average molecular weight is 667 g/mol. The molecule has 238 valence electrons. The lowest BCUT2D eigenvalue weighted by atomic mass is 9.99. The van der Waals surface area contributed by atoms with Gasteiger partial charge >= 0.3 is 0 Å². The predicted octanol–water partition coefficient (Wildman–Crippen LogP) is 13.6. The number of thiophene rings is 1. The van der Waals surface area contributed by atoms with E-state index in [1.54, 1.807) is 0 Å². The second-order valence-corrected chi connectivity index (χ2v) is 14.4. The van der Waals surface area contributed by atoms with E-state index in [1.165, 1.54) is 91.7 Å². The van der Waals surface area contributed by atoms with Gasteiger partial charge in [-0.1, -0.05) is 127 Å². The normalized spacial score (nSPS) is 11.9. The van der Waals surface area contributed by atoms with Gasteiger partial charge in [-0.3, -0.25) is 0 Å². The minimum absolute atomic E-state index is 1.15. The van der Waals surface area contributed by atoms with Crippen LogP contribution in [0.5, 0.6) is 0 Å². The van der Waals surface area contributed by atoms with Crippen LogP contribution in [0.3, 0.4) is 0 Å². The molecule has 0 fully saturated rings. The van der Waals surface area contributed by atoms with Crippen molar-refractivity contribution in [1.82, 2.24) is 9.13 Å². The fourth-order valence-corrected chi connectivity index (χ4v) is 9.40. The highest BCUT2D eigenvalue weighted by Crippen LogP contribution is 2.43. The quantitative estimate of drug-likeness (QED) is 0.177. The Morgan fingerprint density at radius 1 is 0.314 bits per heavy atom. The molecular weight excluding hydrogens is 637 g/mol. The van der Waals surface area contributed by atoms with E-state index >= 15 is 0 Å². The third-order valence-corrected chi connectivity index (χ3v) is 11.7. The molecule has 2 nitrogen and oxygen atoms in total. The van der Waals surface area contributed by atoms with Crippen LogP contribution in [0.1, 0.15) is 0 Å². The van der Waals surface area contributed by atoms with Gasteiger partial charge in [0.1, 0.15) is 0 Å². The predicted molar refractivity (Wildman–Crippen MR) is 219 cm³/mol. The van der Waals surface area contributed by atoms with Crippen molar-refractivity contribution in [3.8, 4) is 33.6 Å². The van der Waals surface area contributed by atoms with E-state index in [0.717, 1.165) is 5.69 Å². The monoisotopic (exact) mass is 666 g/mol. The lowest BCUT2D eigenvalue weighted by Crippen LogP contribution is -1.96. The first-order valence-electron chi connectivity index (χ1n) is 17.4. The Hall–Kier alpha value is -6.42. The van der Waals surface area contributed by atoms with Gasteiger partial charge in [0, 0.05) is 42.7 Å². The first-order valence-corrected chi connectivity index (χ1v) is 18.3. The number of aromatic nitrogens is 2. The molecule has 3 heteroatoms. The van der Waals surface area contributed by atoms with Crippen molar-refractivity contribution in [1.29, 1.82) is 0 Å². The summed E-state index contributed by atoms with van der Waals surface area (Å²) in [4.78, 5) is 0. The van der Waals surface area contributed by atoms with Crippen molar-refractivity contribution in [3.63, 3.8) is 0 Å². The Kier molecular flexibility index (Phi) is 6.16. The average Bonchev–Trinajstić information content (AvgIpc) is 3.85. The van der Waals surface area contributed by atoms with Crippen LogP contribution in [-0.4, -0.2) is 9.13 Å². The molecule has 0 atom stereocenters. The van der Waals surface area contributed by atoms with Crippen molar-refractivity contribution >= 4 is 75.1 Å². The summed E-state index contributed by atoms with van der Waals surface area (Å²) in [5.74, 6) is 0. The van der Waals surface area contributed by atoms with Crippen LogP contribution in [0.2, 0.25) is 0 Å². The minimum atomic E-state index is 1.15. The van der Waals surface area contributed by atoms with Gasteiger partial charge in [-0.05, 0) is 76.9 Å². The molecule has 0 radical (unpaired) electrons. The van der Waals surface area contributed by atoms with E-state index < -0.39 is 0 Å². The van der Waals surface area contributed by atoms with Gasteiger partial charge in [-0.25, -0.2) is 0 Å². The molecule has 0 unspecified atom stereocenters. The maximum atomic E-state index is 2.49. The van der Waals surface area contributed by atoms with Gasteiger partial charge in [-0.2, -0.15) is 0 Å². The fraction of sp³-hybridized carbons (Fsp3) is 0. The Bertz CT molecular complexity index is 3120. The smallest absolute Gasteiger partial charge is 0.0640 e. The van der Waals surface area contributed by atoms with Gasteiger partial charge < -0.3 is 9.13 Å². The number of hydrogen-bond acceptors (Lipinski definition) is 1. The maximum Gasteiger partial charge on any atom is 0.0640 e. The SMILES string of the molecule is c1ccc(-c2cccc(-c3ccc(-n4c5ccccc5c5cc6c7ccccc7n(-c7cccc8c7sc7ccccc78)c6cc54)cc3)c2)cc1. The molecule has 0 saturated heterocycles. The fourth-order valence-electron chi connectivity index (χ4n) is 8.19. The van der Waals surface area contributed by atoms with Gasteiger partial charge in [0.05, 0.1) is 32.5 Å². The molecule has 11 aromatic rings. The van der Waals surface area contributed by atoms with E-state index in [1.807, 2.05) is 11.3 Å². The Morgan fingerprint density at radius 2 is 0.863 bits per heavy atom. The molecule has 0 spiro atoms. The first-order chi connectivity index (χ1) is 25.3. The number of benzene rings is 8. The molecular formula is C48H30N2S. The zero-order valence-corrected chi connectivity index (χ0v) is 28.4. The van der Waals surface area contributed by atoms with Crippen LogP contribution >= 0.6 is 11.3 Å². The van der Waals surface area contributed by atoms with Crippen LogP contribution in [0.15, 0.2) is 182 Å². The molecule has 0 aliphatic rings. The summed E-state index contributed by atoms with van der Waals surface area (Å²) in [5.41, 5.74) is 12.1. The highest BCUT2D eigenvalue weighted by Gasteiger charge is 2.20. The maximum absolute atomic E-state index is 2.49. The summed E-state index contributed by atoms with van der Waals surface area (Å²) >= 11 is 1.88. The minimum Gasteiger partial charge on any atom is -0.309 e. The second-order valence-electron chi connectivity index (χ2n) is 13.3. The van der Waals surface area contributed by atoms with Gasteiger partial charge in [0.15, 0.2) is 0 Å². The largest absolute Gasteiger partial charge is 0.309 e. The summed E-state index contributed by atoms with van der Waals surface area (Å²) in [6, 6.07) is 66.6. The molecule has 0 bridgehead atoms. The van der Waals surface area contributed by atoms with Crippen LogP contribution in [0.4, 0.5) is 0 Å². The summed E-state index contributed by atoms with van der Waals surface area (Å²) in [7, 11) is 0. The third kappa shape index (κ3) is 4.29. The number of nitrogens with zero attached hydrogens (tertiary/aromatic N) is 2. The molecule has 0 aliphatic heterocycles. The third-order valence-electron chi connectivity index (χ3n) is 10.5. The van der Waals surface area contributed by atoms with E-state index in [9.17, 15) is 0 Å².